The average molecular weight is 336 g/mol. The van der Waals surface area contributed by atoms with E-state index in [-0.39, 0.29) is 23.8 Å². The topological polar surface area (TPSA) is 58.6 Å². The normalized spacial score (nSPS) is 18.6. The molecule has 1 heterocycles. The number of rotatable bonds is 6. The second-order valence-corrected chi connectivity index (χ2v) is 6.66. The van der Waals surface area contributed by atoms with Gasteiger partial charge in [0.05, 0.1) is 13.0 Å². The first kappa shape index (κ1) is 17.7. The van der Waals surface area contributed by atoms with Crippen LogP contribution < -0.4 is 10.1 Å². The third-order valence-electron chi connectivity index (χ3n) is 4.15. The highest BCUT2D eigenvalue weighted by atomic mass is 32.2. The fraction of sp³-hybridized carbons (Fsp3) is 0.529. The number of para-hydroxylation sites is 1. The Balaban J connectivity index is 1.98. The maximum absolute atomic E-state index is 12.5. The highest BCUT2D eigenvalue weighted by Crippen LogP contribution is 2.24. The van der Waals surface area contributed by atoms with Gasteiger partial charge in [0.1, 0.15) is 11.8 Å². The number of methoxy groups -OCH3 is 1. The largest absolute Gasteiger partial charge is 0.496 e. The molecule has 0 spiro atoms. The molecule has 1 aromatic carbocycles. The Bertz CT molecular complexity index is 565. The van der Waals surface area contributed by atoms with Crippen molar-refractivity contribution in [2.75, 3.05) is 18.7 Å². The van der Waals surface area contributed by atoms with E-state index in [4.69, 9.17) is 4.74 Å². The molecular weight excluding hydrogens is 312 g/mol. The zero-order valence-corrected chi connectivity index (χ0v) is 14.7. The lowest BCUT2D eigenvalue weighted by atomic mass is 10.1. The summed E-state index contributed by atoms with van der Waals surface area (Å²) >= 11 is 1.62. The molecule has 2 atom stereocenters. The molecule has 0 radical (unpaired) electrons. The fourth-order valence-corrected chi connectivity index (χ4v) is 3.65. The van der Waals surface area contributed by atoms with Gasteiger partial charge in [-0.25, -0.2) is 0 Å². The molecule has 0 aliphatic carbocycles. The molecule has 6 heteroatoms. The molecule has 0 bridgehead atoms. The number of benzene rings is 1. The summed E-state index contributed by atoms with van der Waals surface area (Å²) in [5.74, 6) is 1.92. The molecule has 1 saturated heterocycles. The van der Waals surface area contributed by atoms with Gasteiger partial charge in [-0.3, -0.25) is 9.59 Å². The van der Waals surface area contributed by atoms with Crippen LogP contribution in [0.3, 0.4) is 0 Å². The predicted octanol–water partition coefficient (Wildman–Crippen LogP) is 2.26. The van der Waals surface area contributed by atoms with Crippen molar-refractivity contribution >= 4 is 23.6 Å². The van der Waals surface area contributed by atoms with E-state index in [0.717, 1.165) is 17.7 Å². The van der Waals surface area contributed by atoms with E-state index in [1.807, 2.05) is 38.1 Å². The molecule has 1 N–H and O–H groups in total. The van der Waals surface area contributed by atoms with Crippen LogP contribution in [0.2, 0.25) is 0 Å². The number of amides is 2. The van der Waals surface area contributed by atoms with E-state index in [2.05, 4.69) is 5.32 Å². The summed E-state index contributed by atoms with van der Waals surface area (Å²) in [6.07, 6.45) is 0.787. The Kier molecular flexibility index (Phi) is 6.33. The van der Waals surface area contributed by atoms with Gasteiger partial charge in [0.15, 0.2) is 0 Å². The smallest absolute Gasteiger partial charge is 0.243 e. The van der Waals surface area contributed by atoms with Crippen molar-refractivity contribution in [3.05, 3.63) is 29.8 Å². The monoisotopic (exact) mass is 336 g/mol. The molecule has 2 amide bonds. The minimum Gasteiger partial charge on any atom is -0.496 e. The summed E-state index contributed by atoms with van der Waals surface area (Å²) in [6, 6.07) is 7.21. The first-order chi connectivity index (χ1) is 11.1. The summed E-state index contributed by atoms with van der Waals surface area (Å²) in [5, 5.41) is 2.93. The van der Waals surface area contributed by atoms with Gasteiger partial charge >= 0.3 is 0 Å². The molecule has 1 aliphatic heterocycles. The van der Waals surface area contributed by atoms with Crippen molar-refractivity contribution in [2.24, 2.45) is 5.92 Å². The minimum absolute atomic E-state index is 0.0433. The quantitative estimate of drug-likeness (QED) is 0.866. The van der Waals surface area contributed by atoms with Gasteiger partial charge in [0, 0.05) is 23.8 Å². The van der Waals surface area contributed by atoms with Gasteiger partial charge in [-0.1, -0.05) is 32.0 Å². The molecule has 0 aromatic heterocycles. The van der Waals surface area contributed by atoms with E-state index in [1.165, 1.54) is 0 Å². The SMILES string of the molecule is CCC(C)C(=O)N1CSCC1C(=O)NCc1ccccc1OC. The Labute approximate surface area is 141 Å². The van der Waals surface area contributed by atoms with Crippen molar-refractivity contribution in [3.8, 4) is 5.75 Å². The van der Waals surface area contributed by atoms with Crippen molar-refractivity contribution in [1.82, 2.24) is 10.2 Å². The third kappa shape index (κ3) is 4.19. The molecule has 2 rings (SSSR count). The van der Waals surface area contributed by atoms with Crippen molar-refractivity contribution in [2.45, 2.75) is 32.9 Å². The maximum atomic E-state index is 12.5. The summed E-state index contributed by atoms with van der Waals surface area (Å²) in [7, 11) is 1.61. The Morgan fingerprint density at radius 3 is 2.87 bits per heavy atom. The molecule has 126 valence electrons. The van der Waals surface area contributed by atoms with Gasteiger partial charge in [-0.2, -0.15) is 0 Å². The molecule has 5 nitrogen and oxygen atoms in total. The number of hydrogen-bond donors (Lipinski definition) is 1. The van der Waals surface area contributed by atoms with Crippen LogP contribution in [0.25, 0.3) is 0 Å². The molecule has 1 aliphatic rings. The van der Waals surface area contributed by atoms with E-state index in [9.17, 15) is 9.59 Å². The molecule has 0 saturated carbocycles. The van der Waals surface area contributed by atoms with E-state index in [1.54, 1.807) is 23.8 Å². The van der Waals surface area contributed by atoms with Crippen molar-refractivity contribution < 1.29 is 14.3 Å². The van der Waals surface area contributed by atoms with Gasteiger partial charge < -0.3 is 15.0 Å². The standard InChI is InChI=1S/C17H24N2O3S/c1-4-12(2)17(21)19-11-23-10-14(19)16(20)18-9-13-7-5-6-8-15(13)22-3/h5-8,12,14H,4,9-11H2,1-3H3,(H,18,20). The van der Waals surface area contributed by atoms with E-state index in [0.29, 0.717) is 18.2 Å². The number of nitrogens with zero attached hydrogens (tertiary/aromatic N) is 1. The van der Waals surface area contributed by atoms with Crippen LogP contribution >= 0.6 is 11.8 Å². The number of hydrogen-bond acceptors (Lipinski definition) is 4. The molecule has 1 fully saturated rings. The van der Waals surface area contributed by atoms with Gasteiger partial charge in [0.2, 0.25) is 11.8 Å². The van der Waals surface area contributed by atoms with E-state index >= 15 is 0 Å². The second-order valence-electron chi connectivity index (χ2n) is 5.66. The molecular formula is C17H24N2O3S. The van der Waals surface area contributed by atoms with Gasteiger partial charge in [0.25, 0.3) is 0 Å². The van der Waals surface area contributed by atoms with Crippen LogP contribution in [0, 0.1) is 5.92 Å². The zero-order valence-electron chi connectivity index (χ0n) is 13.9. The van der Waals surface area contributed by atoms with Crippen LogP contribution in [0.1, 0.15) is 25.8 Å². The summed E-state index contributed by atoms with van der Waals surface area (Å²) in [6.45, 7) is 4.30. The lowest BCUT2D eigenvalue weighted by Crippen LogP contribution is -2.48. The Morgan fingerprint density at radius 1 is 1.43 bits per heavy atom. The number of thioether (sulfide) groups is 1. The number of ether oxygens (including phenoxy) is 1. The highest BCUT2D eigenvalue weighted by Gasteiger charge is 2.35. The lowest BCUT2D eigenvalue weighted by molar-refractivity contribution is -0.140. The van der Waals surface area contributed by atoms with Crippen molar-refractivity contribution in [3.63, 3.8) is 0 Å². The molecule has 23 heavy (non-hydrogen) atoms. The zero-order chi connectivity index (χ0) is 16.8. The van der Waals surface area contributed by atoms with E-state index < -0.39 is 0 Å². The number of carbonyl (C=O) groups excluding carboxylic acids is 2. The maximum Gasteiger partial charge on any atom is 0.243 e. The van der Waals surface area contributed by atoms with Crippen LogP contribution in [0.5, 0.6) is 5.75 Å². The number of nitrogens with one attached hydrogen (secondary N) is 1. The average Bonchev–Trinajstić information content (AvgIpc) is 3.08. The first-order valence-electron chi connectivity index (χ1n) is 7.86. The van der Waals surface area contributed by atoms with Crippen LogP contribution in [0.4, 0.5) is 0 Å². The predicted molar refractivity (Wildman–Crippen MR) is 92.3 cm³/mol. The van der Waals surface area contributed by atoms with Crippen LogP contribution in [0.15, 0.2) is 24.3 Å². The highest BCUT2D eigenvalue weighted by molar-refractivity contribution is 7.99. The minimum atomic E-state index is -0.379. The lowest BCUT2D eigenvalue weighted by Gasteiger charge is -2.25. The summed E-state index contributed by atoms with van der Waals surface area (Å²) in [5.41, 5.74) is 0.925. The number of carbonyl (C=O) groups is 2. The van der Waals surface area contributed by atoms with Crippen molar-refractivity contribution in [1.29, 1.82) is 0 Å². The second kappa shape index (κ2) is 8.24. The van der Waals surface area contributed by atoms with Crippen LogP contribution in [-0.4, -0.2) is 41.5 Å². The Hall–Kier alpha value is -1.69. The first-order valence-corrected chi connectivity index (χ1v) is 9.01. The fourth-order valence-electron chi connectivity index (χ4n) is 2.48. The third-order valence-corrected chi connectivity index (χ3v) is 5.16. The Morgan fingerprint density at radius 2 is 2.17 bits per heavy atom. The molecule has 2 unspecified atom stereocenters. The van der Waals surface area contributed by atoms with Crippen LogP contribution in [-0.2, 0) is 16.1 Å². The van der Waals surface area contributed by atoms with Gasteiger partial charge in [-0.15, -0.1) is 11.8 Å². The summed E-state index contributed by atoms with van der Waals surface area (Å²) in [4.78, 5) is 26.6. The molecule has 1 aromatic rings. The van der Waals surface area contributed by atoms with Gasteiger partial charge in [-0.05, 0) is 12.5 Å². The summed E-state index contributed by atoms with van der Waals surface area (Å²) < 4.78 is 5.29.